The summed E-state index contributed by atoms with van der Waals surface area (Å²) in [5, 5.41) is 4.25. The molecule has 0 spiro atoms. The molecule has 1 aliphatic carbocycles. The molecular weight excluding hydrogens is 304 g/mol. The number of amides is 2. The summed E-state index contributed by atoms with van der Waals surface area (Å²) in [5.41, 5.74) is 0. The molecule has 24 heavy (non-hydrogen) atoms. The Balaban J connectivity index is 1.23. The van der Waals surface area contributed by atoms with Gasteiger partial charge in [-0.2, -0.15) is 5.10 Å². The maximum Gasteiger partial charge on any atom is 0.227 e. The fourth-order valence-electron chi connectivity index (χ4n) is 4.08. The van der Waals surface area contributed by atoms with Gasteiger partial charge in [-0.25, -0.2) is 0 Å². The van der Waals surface area contributed by atoms with Gasteiger partial charge in [0.25, 0.3) is 0 Å². The third-order valence-electron chi connectivity index (χ3n) is 5.75. The minimum absolute atomic E-state index is 0.0984. The first-order chi connectivity index (χ1) is 11.7. The molecule has 4 rings (SSSR count). The molecule has 130 valence electrons. The minimum Gasteiger partial charge on any atom is -0.342 e. The number of piperidine rings is 1. The van der Waals surface area contributed by atoms with Crippen LogP contribution in [0.2, 0.25) is 0 Å². The second-order valence-corrected chi connectivity index (χ2v) is 7.50. The summed E-state index contributed by atoms with van der Waals surface area (Å²) in [4.78, 5) is 28.7. The van der Waals surface area contributed by atoms with Crippen LogP contribution in [0.4, 0.5) is 0 Å². The van der Waals surface area contributed by atoms with Crippen LogP contribution in [0.25, 0.3) is 0 Å². The molecule has 1 aromatic rings. The summed E-state index contributed by atoms with van der Waals surface area (Å²) in [6.07, 6.45) is 9.74. The molecule has 3 fully saturated rings. The first kappa shape index (κ1) is 15.7. The van der Waals surface area contributed by atoms with Gasteiger partial charge in [0.05, 0.1) is 5.92 Å². The maximum absolute atomic E-state index is 12.7. The van der Waals surface area contributed by atoms with Crippen LogP contribution in [0, 0.1) is 11.8 Å². The first-order valence-electron chi connectivity index (χ1n) is 9.26. The number of hydrogen-bond acceptors (Lipinski definition) is 3. The van der Waals surface area contributed by atoms with E-state index in [-0.39, 0.29) is 17.7 Å². The zero-order chi connectivity index (χ0) is 16.5. The number of rotatable bonds is 5. The summed E-state index contributed by atoms with van der Waals surface area (Å²) in [6, 6.07) is 2.39. The van der Waals surface area contributed by atoms with E-state index >= 15 is 0 Å². The molecule has 1 saturated carbocycles. The van der Waals surface area contributed by atoms with Crippen molar-refractivity contribution < 1.29 is 9.59 Å². The van der Waals surface area contributed by atoms with E-state index in [0.717, 1.165) is 51.7 Å². The number of nitrogens with zero attached hydrogens (tertiary/aromatic N) is 4. The number of aromatic nitrogens is 2. The Hall–Kier alpha value is -1.85. The molecule has 2 amide bonds. The maximum atomic E-state index is 12.7. The van der Waals surface area contributed by atoms with Crippen molar-refractivity contribution in [3.63, 3.8) is 0 Å². The van der Waals surface area contributed by atoms with Gasteiger partial charge in [-0.3, -0.25) is 14.3 Å². The number of aryl methyl sites for hydroxylation is 1. The number of likely N-dealkylation sites (tertiary alicyclic amines) is 2. The highest BCUT2D eigenvalue weighted by Crippen LogP contribution is 2.33. The van der Waals surface area contributed by atoms with Gasteiger partial charge in [-0.1, -0.05) is 0 Å². The van der Waals surface area contributed by atoms with Crippen molar-refractivity contribution >= 4 is 11.8 Å². The van der Waals surface area contributed by atoms with Crippen molar-refractivity contribution in [1.29, 1.82) is 0 Å². The van der Waals surface area contributed by atoms with E-state index in [2.05, 4.69) is 5.10 Å². The number of carbonyl (C=O) groups excluding carboxylic acids is 2. The molecule has 2 aliphatic heterocycles. The van der Waals surface area contributed by atoms with E-state index in [4.69, 9.17) is 0 Å². The molecule has 0 N–H and O–H groups in total. The SMILES string of the molecule is O=C(C1CC(=O)N(C2CC2)C1)N1CCC(CCn2cccn2)CC1. The van der Waals surface area contributed by atoms with Crippen LogP contribution in [0.1, 0.15) is 38.5 Å². The third-order valence-corrected chi connectivity index (χ3v) is 5.75. The lowest BCUT2D eigenvalue weighted by molar-refractivity contribution is -0.137. The Bertz CT molecular complexity index is 588. The normalized spacial score (nSPS) is 25.5. The average molecular weight is 330 g/mol. The lowest BCUT2D eigenvalue weighted by Gasteiger charge is -2.33. The van der Waals surface area contributed by atoms with Crippen LogP contribution in [0.3, 0.4) is 0 Å². The van der Waals surface area contributed by atoms with Gasteiger partial charge in [0.15, 0.2) is 0 Å². The van der Waals surface area contributed by atoms with Crippen molar-refractivity contribution in [2.45, 2.75) is 51.1 Å². The summed E-state index contributed by atoms with van der Waals surface area (Å²) in [5.74, 6) is 0.965. The van der Waals surface area contributed by atoms with Gasteiger partial charge < -0.3 is 9.80 Å². The molecule has 3 heterocycles. The Labute approximate surface area is 142 Å². The Morgan fingerprint density at radius 1 is 1.21 bits per heavy atom. The topological polar surface area (TPSA) is 58.4 Å². The molecule has 6 heteroatoms. The predicted octanol–water partition coefficient (Wildman–Crippen LogP) is 1.52. The fourth-order valence-corrected chi connectivity index (χ4v) is 4.08. The van der Waals surface area contributed by atoms with Crippen molar-refractivity contribution in [2.24, 2.45) is 11.8 Å². The molecule has 0 aromatic carbocycles. The molecule has 2 saturated heterocycles. The zero-order valence-electron chi connectivity index (χ0n) is 14.1. The van der Waals surface area contributed by atoms with Crippen LogP contribution in [0.5, 0.6) is 0 Å². The van der Waals surface area contributed by atoms with Crippen molar-refractivity contribution in [3.05, 3.63) is 18.5 Å². The standard InChI is InChI=1S/C18H26N4O2/c23-17-12-15(13-22(17)16-2-3-16)18(24)20-9-4-14(5-10-20)6-11-21-8-1-7-19-21/h1,7-8,14-16H,2-6,9-13H2. The van der Waals surface area contributed by atoms with E-state index in [9.17, 15) is 9.59 Å². The highest BCUT2D eigenvalue weighted by molar-refractivity contribution is 5.89. The molecule has 1 atom stereocenters. The predicted molar refractivity (Wildman–Crippen MR) is 89.0 cm³/mol. The monoisotopic (exact) mass is 330 g/mol. The summed E-state index contributed by atoms with van der Waals surface area (Å²) >= 11 is 0. The van der Waals surface area contributed by atoms with Gasteiger partial charge in [-0.15, -0.1) is 0 Å². The lowest BCUT2D eigenvalue weighted by Crippen LogP contribution is -2.42. The Morgan fingerprint density at radius 2 is 2.00 bits per heavy atom. The lowest BCUT2D eigenvalue weighted by atomic mass is 9.92. The molecule has 0 radical (unpaired) electrons. The van der Waals surface area contributed by atoms with Crippen LogP contribution in [-0.2, 0) is 16.1 Å². The number of hydrogen-bond donors (Lipinski definition) is 0. The van der Waals surface area contributed by atoms with Gasteiger partial charge >= 0.3 is 0 Å². The van der Waals surface area contributed by atoms with Gasteiger partial charge in [0, 0.05) is 51.0 Å². The smallest absolute Gasteiger partial charge is 0.227 e. The summed E-state index contributed by atoms with van der Waals surface area (Å²) in [6.45, 7) is 3.30. The first-order valence-corrected chi connectivity index (χ1v) is 9.26. The van der Waals surface area contributed by atoms with Gasteiger partial charge in [-0.05, 0) is 44.1 Å². The van der Waals surface area contributed by atoms with Crippen molar-refractivity contribution in [2.75, 3.05) is 19.6 Å². The van der Waals surface area contributed by atoms with Crippen molar-refractivity contribution in [1.82, 2.24) is 19.6 Å². The van der Waals surface area contributed by atoms with E-state index in [0.29, 0.717) is 24.9 Å². The minimum atomic E-state index is -0.0984. The van der Waals surface area contributed by atoms with Crippen molar-refractivity contribution in [3.8, 4) is 0 Å². The van der Waals surface area contributed by atoms with E-state index in [1.807, 2.05) is 32.9 Å². The quantitative estimate of drug-likeness (QED) is 0.822. The van der Waals surface area contributed by atoms with Gasteiger partial charge in [0.2, 0.25) is 11.8 Å². The van der Waals surface area contributed by atoms with Crippen LogP contribution in [-0.4, -0.2) is 57.1 Å². The molecule has 0 bridgehead atoms. The van der Waals surface area contributed by atoms with Crippen LogP contribution in [0.15, 0.2) is 18.5 Å². The molecule has 6 nitrogen and oxygen atoms in total. The Morgan fingerprint density at radius 3 is 2.67 bits per heavy atom. The fraction of sp³-hybridized carbons (Fsp3) is 0.722. The highest BCUT2D eigenvalue weighted by atomic mass is 16.2. The Kier molecular flexibility index (Phi) is 4.29. The second-order valence-electron chi connectivity index (χ2n) is 7.50. The highest BCUT2D eigenvalue weighted by Gasteiger charge is 2.43. The van der Waals surface area contributed by atoms with Crippen LogP contribution >= 0.6 is 0 Å². The third kappa shape index (κ3) is 3.32. The number of carbonyl (C=O) groups is 2. The molecular formula is C18H26N4O2. The molecule has 1 unspecified atom stereocenters. The molecule has 1 aromatic heterocycles. The average Bonchev–Trinajstić information content (AvgIpc) is 3.16. The second kappa shape index (κ2) is 6.57. The summed E-state index contributed by atoms with van der Waals surface area (Å²) in [7, 11) is 0. The zero-order valence-corrected chi connectivity index (χ0v) is 14.1. The van der Waals surface area contributed by atoms with E-state index < -0.39 is 0 Å². The summed E-state index contributed by atoms with van der Waals surface area (Å²) < 4.78 is 1.98. The van der Waals surface area contributed by atoms with Crippen LogP contribution < -0.4 is 0 Å². The van der Waals surface area contributed by atoms with E-state index in [1.165, 1.54) is 0 Å². The van der Waals surface area contributed by atoms with E-state index in [1.54, 1.807) is 0 Å². The largest absolute Gasteiger partial charge is 0.342 e. The van der Waals surface area contributed by atoms with Gasteiger partial charge in [0.1, 0.15) is 0 Å². The molecule has 3 aliphatic rings.